The molecule has 0 aliphatic carbocycles. The topological polar surface area (TPSA) is 71.0 Å². The van der Waals surface area contributed by atoms with E-state index in [1.54, 1.807) is 36.6 Å². The van der Waals surface area contributed by atoms with Crippen molar-refractivity contribution in [1.29, 1.82) is 0 Å². The zero-order valence-corrected chi connectivity index (χ0v) is 13.2. The lowest BCUT2D eigenvalue weighted by molar-refractivity contribution is 0.174. The molecule has 2 aromatic heterocycles. The van der Waals surface area contributed by atoms with Crippen LogP contribution < -0.4 is 19.6 Å². The molecule has 0 saturated heterocycles. The summed E-state index contributed by atoms with van der Waals surface area (Å²) in [4.78, 5) is 13.1. The number of hydrogen-bond donors (Lipinski definition) is 0. The van der Waals surface area contributed by atoms with Gasteiger partial charge in [-0.2, -0.15) is 0 Å². The van der Waals surface area contributed by atoms with Gasteiger partial charge in [-0.15, -0.1) is 0 Å². The van der Waals surface area contributed by atoms with Crippen molar-refractivity contribution in [2.75, 3.05) is 13.9 Å². The molecule has 6 nitrogen and oxygen atoms in total. The van der Waals surface area contributed by atoms with E-state index in [1.807, 2.05) is 0 Å². The van der Waals surface area contributed by atoms with Crippen molar-refractivity contribution in [1.82, 2.24) is 0 Å². The molecule has 3 heterocycles. The van der Waals surface area contributed by atoms with Gasteiger partial charge in [0.25, 0.3) is 0 Å². The van der Waals surface area contributed by atoms with Gasteiger partial charge in [-0.25, -0.2) is 0 Å². The van der Waals surface area contributed by atoms with Gasteiger partial charge in [-0.05, 0) is 23.8 Å². The molecule has 4 aromatic rings. The molecule has 0 atom stereocenters. The monoisotopic (exact) mass is 336 g/mol. The summed E-state index contributed by atoms with van der Waals surface area (Å²) in [5.41, 5.74) is 1.97. The minimum Gasteiger partial charge on any atom is -0.496 e. The first kappa shape index (κ1) is 14.0. The molecule has 5 rings (SSSR count). The number of fused-ring (bicyclic) bond motifs is 4. The second-order valence-electron chi connectivity index (χ2n) is 5.66. The average Bonchev–Trinajstić information content (AvgIpc) is 3.29. The van der Waals surface area contributed by atoms with Crippen LogP contribution in [0.5, 0.6) is 17.2 Å². The standard InChI is InChI=1S/C19H12O6/c1-21-16-7-14-11(4-5-22-14)19-17(16)18(20)12(8-23-19)10-2-3-13-15(6-10)25-9-24-13/h2-8H,9H2,1H3. The summed E-state index contributed by atoms with van der Waals surface area (Å²) in [5, 5.41) is 1.11. The fourth-order valence-corrected chi connectivity index (χ4v) is 3.13. The molecule has 0 amide bonds. The summed E-state index contributed by atoms with van der Waals surface area (Å²) in [5.74, 6) is 1.68. The Morgan fingerprint density at radius 3 is 2.80 bits per heavy atom. The van der Waals surface area contributed by atoms with Crippen molar-refractivity contribution in [2.24, 2.45) is 0 Å². The van der Waals surface area contributed by atoms with Gasteiger partial charge in [0.1, 0.15) is 23.0 Å². The zero-order valence-electron chi connectivity index (χ0n) is 13.2. The molecular formula is C19H12O6. The molecule has 0 spiro atoms. The average molecular weight is 336 g/mol. The smallest absolute Gasteiger partial charge is 0.231 e. The Kier molecular flexibility index (Phi) is 2.82. The highest BCUT2D eigenvalue weighted by Gasteiger charge is 2.20. The first-order valence-electron chi connectivity index (χ1n) is 7.66. The maximum Gasteiger partial charge on any atom is 0.231 e. The maximum absolute atomic E-state index is 13.1. The SMILES string of the molecule is COc1cc2occc2c2occ(-c3ccc4c(c3)OCO4)c(=O)c12. The minimum atomic E-state index is -0.180. The van der Waals surface area contributed by atoms with Crippen molar-refractivity contribution < 1.29 is 23.0 Å². The molecule has 0 bridgehead atoms. The van der Waals surface area contributed by atoms with Gasteiger partial charge in [-0.1, -0.05) is 6.07 Å². The van der Waals surface area contributed by atoms with Crippen molar-refractivity contribution in [2.45, 2.75) is 0 Å². The van der Waals surface area contributed by atoms with Crippen LogP contribution in [0.2, 0.25) is 0 Å². The van der Waals surface area contributed by atoms with Crippen LogP contribution in [0.15, 0.2) is 56.5 Å². The number of ether oxygens (including phenoxy) is 3. The summed E-state index contributed by atoms with van der Waals surface area (Å²) < 4.78 is 27.3. The van der Waals surface area contributed by atoms with E-state index in [4.69, 9.17) is 23.0 Å². The summed E-state index contributed by atoms with van der Waals surface area (Å²) in [7, 11) is 1.51. The van der Waals surface area contributed by atoms with Crippen LogP contribution in [-0.4, -0.2) is 13.9 Å². The Bertz CT molecular complexity index is 1180. The number of methoxy groups -OCH3 is 1. The molecule has 1 aliphatic heterocycles. The largest absolute Gasteiger partial charge is 0.496 e. The molecule has 124 valence electrons. The normalized spacial score (nSPS) is 12.8. The van der Waals surface area contributed by atoms with Crippen molar-refractivity contribution in [3.8, 4) is 28.4 Å². The van der Waals surface area contributed by atoms with E-state index in [0.29, 0.717) is 44.9 Å². The van der Waals surface area contributed by atoms with Crippen LogP contribution in [0.25, 0.3) is 33.1 Å². The van der Waals surface area contributed by atoms with Gasteiger partial charge in [0, 0.05) is 6.07 Å². The predicted molar refractivity (Wildman–Crippen MR) is 90.4 cm³/mol. The lowest BCUT2D eigenvalue weighted by atomic mass is 10.0. The lowest BCUT2D eigenvalue weighted by Gasteiger charge is -2.08. The second-order valence-corrected chi connectivity index (χ2v) is 5.66. The van der Waals surface area contributed by atoms with E-state index in [2.05, 4.69) is 0 Å². The van der Waals surface area contributed by atoms with E-state index in [-0.39, 0.29) is 12.2 Å². The van der Waals surface area contributed by atoms with Crippen LogP contribution >= 0.6 is 0 Å². The number of rotatable bonds is 2. The Morgan fingerprint density at radius 2 is 1.92 bits per heavy atom. The van der Waals surface area contributed by atoms with Crippen LogP contribution in [0.3, 0.4) is 0 Å². The van der Waals surface area contributed by atoms with Crippen LogP contribution in [0.1, 0.15) is 0 Å². The molecule has 25 heavy (non-hydrogen) atoms. The van der Waals surface area contributed by atoms with Crippen LogP contribution in [-0.2, 0) is 0 Å². The Morgan fingerprint density at radius 1 is 1.04 bits per heavy atom. The quantitative estimate of drug-likeness (QED) is 0.552. The third-order valence-corrected chi connectivity index (χ3v) is 4.35. The van der Waals surface area contributed by atoms with Crippen molar-refractivity contribution >= 4 is 21.9 Å². The summed E-state index contributed by atoms with van der Waals surface area (Å²) in [6, 6.07) is 8.80. The molecule has 0 saturated carbocycles. The first-order valence-corrected chi connectivity index (χ1v) is 7.66. The fraction of sp³-hybridized carbons (Fsp3) is 0.105. The highest BCUT2D eigenvalue weighted by Crippen LogP contribution is 2.37. The van der Waals surface area contributed by atoms with E-state index < -0.39 is 0 Å². The van der Waals surface area contributed by atoms with Crippen LogP contribution in [0.4, 0.5) is 0 Å². The number of benzene rings is 2. The molecule has 6 heteroatoms. The molecule has 0 radical (unpaired) electrons. The van der Waals surface area contributed by atoms with Crippen molar-refractivity contribution in [3.05, 3.63) is 53.1 Å². The van der Waals surface area contributed by atoms with Gasteiger partial charge < -0.3 is 23.0 Å². The molecule has 0 unspecified atom stereocenters. The van der Waals surface area contributed by atoms with Gasteiger partial charge in [0.05, 0.1) is 24.3 Å². The second kappa shape index (κ2) is 5.04. The van der Waals surface area contributed by atoms with E-state index in [1.165, 1.54) is 13.4 Å². The third-order valence-electron chi connectivity index (χ3n) is 4.35. The fourth-order valence-electron chi connectivity index (χ4n) is 3.13. The maximum atomic E-state index is 13.1. The number of hydrogen-bond acceptors (Lipinski definition) is 6. The van der Waals surface area contributed by atoms with Gasteiger partial charge in [0.2, 0.25) is 12.2 Å². The highest BCUT2D eigenvalue weighted by atomic mass is 16.7. The highest BCUT2D eigenvalue weighted by molar-refractivity contribution is 6.06. The number of furan rings is 1. The van der Waals surface area contributed by atoms with Crippen LogP contribution in [0, 0.1) is 0 Å². The zero-order chi connectivity index (χ0) is 17.0. The molecule has 0 fully saturated rings. The van der Waals surface area contributed by atoms with Gasteiger partial charge in [0.15, 0.2) is 17.1 Å². The first-order chi connectivity index (χ1) is 12.3. The van der Waals surface area contributed by atoms with E-state index in [0.717, 1.165) is 5.39 Å². The van der Waals surface area contributed by atoms with Crippen molar-refractivity contribution in [3.63, 3.8) is 0 Å². The van der Waals surface area contributed by atoms with Gasteiger partial charge >= 0.3 is 0 Å². The van der Waals surface area contributed by atoms with E-state index >= 15 is 0 Å². The van der Waals surface area contributed by atoms with Gasteiger partial charge in [-0.3, -0.25) is 4.79 Å². The lowest BCUT2D eigenvalue weighted by Crippen LogP contribution is -2.06. The third kappa shape index (κ3) is 1.94. The predicted octanol–water partition coefficient (Wildman–Crippen LogP) is 3.94. The minimum absolute atomic E-state index is 0.178. The Labute approximate surface area is 141 Å². The summed E-state index contributed by atoms with van der Waals surface area (Å²) >= 11 is 0. The molecule has 1 aliphatic rings. The van der Waals surface area contributed by atoms with E-state index in [9.17, 15) is 4.79 Å². The molecule has 0 N–H and O–H groups in total. The Hall–Kier alpha value is -3.41. The Balaban J connectivity index is 1.82. The molecule has 2 aromatic carbocycles. The summed E-state index contributed by atoms with van der Waals surface area (Å²) in [6.07, 6.45) is 3.00. The molecular weight excluding hydrogens is 324 g/mol. The summed E-state index contributed by atoms with van der Waals surface area (Å²) in [6.45, 7) is 0.178.